The number of hydrogen-bond acceptors (Lipinski definition) is 2. The van der Waals surface area contributed by atoms with Gasteiger partial charge in [-0.3, -0.25) is 0 Å². The van der Waals surface area contributed by atoms with E-state index in [0.717, 1.165) is 22.0 Å². The second kappa shape index (κ2) is 4.47. The first-order chi connectivity index (χ1) is 7.70. The van der Waals surface area contributed by atoms with Crippen LogP contribution >= 0.6 is 12.2 Å². The quantitative estimate of drug-likeness (QED) is 0.693. The molecule has 0 radical (unpaired) electrons. The zero-order valence-electron chi connectivity index (χ0n) is 8.60. The van der Waals surface area contributed by atoms with Crippen LogP contribution in [0, 0.1) is 0 Å². The second-order valence-electron chi connectivity index (χ2n) is 3.50. The number of rotatable bonds is 2. The first kappa shape index (κ1) is 10.9. The van der Waals surface area contributed by atoms with E-state index in [0.29, 0.717) is 0 Å². The molecular formula is C12H12N2OS. The minimum Gasteiger partial charge on any atom is -0.392 e. The number of benzene rings is 2. The first-order valence-electron chi connectivity index (χ1n) is 4.89. The molecule has 0 saturated heterocycles. The van der Waals surface area contributed by atoms with Crippen molar-refractivity contribution in [1.82, 2.24) is 0 Å². The Morgan fingerprint density at radius 3 is 2.44 bits per heavy atom. The van der Waals surface area contributed by atoms with Gasteiger partial charge in [0.1, 0.15) is 0 Å². The average Bonchev–Trinajstić information content (AvgIpc) is 2.27. The summed E-state index contributed by atoms with van der Waals surface area (Å²) in [6, 6.07) is 11.8. The van der Waals surface area contributed by atoms with Gasteiger partial charge in [-0.1, -0.05) is 24.3 Å². The third-order valence-corrected chi connectivity index (χ3v) is 2.50. The maximum atomic E-state index is 9.27. The van der Waals surface area contributed by atoms with Crippen LogP contribution in [-0.2, 0) is 6.61 Å². The van der Waals surface area contributed by atoms with Gasteiger partial charge in [0.2, 0.25) is 0 Å². The molecule has 0 aliphatic rings. The van der Waals surface area contributed by atoms with Crippen molar-refractivity contribution in [3.63, 3.8) is 0 Å². The van der Waals surface area contributed by atoms with Crippen LogP contribution in [0.3, 0.4) is 0 Å². The van der Waals surface area contributed by atoms with Crippen LogP contribution in [0.25, 0.3) is 10.8 Å². The summed E-state index contributed by atoms with van der Waals surface area (Å²) in [4.78, 5) is 0. The fourth-order valence-electron chi connectivity index (χ4n) is 1.67. The normalized spacial score (nSPS) is 10.3. The molecule has 0 spiro atoms. The molecule has 0 unspecified atom stereocenters. The maximum Gasteiger partial charge on any atom is 0.168 e. The summed E-state index contributed by atoms with van der Waals surface area (Å²) in [7, 11) is 0. The SMILES string of the molecule is NC(=S)Nc1cc2ccccc2cc1CO. The highest BCUT2D eigenvalue weighted by molar-refractivity contribution is 7.80. The first-order valence-corrected chi connectivity index (χ1v) is 5.30. The Morgan fingerprint density at radius 2 is 1.88 bits per heavy atom. The molecular weight excluding hydrogens is 220 g/mol. The van der Waals surface area contributed by atoms with Crippen LogP contribution in [0.15, 0.2) is 36.4 Å². The van der Waals surface area contributed by atoms with Crippen LogP contribution < -0.4 is 11.1 Å². The van der Waals surface area contributed by atoms with E-state index in [4.69, 9.17) is 18.0 Å². The predicted octanol–water partition coefficient (Wildman–Crippen LogP) is 1.99. The van der Waals surface area contributed by atoms with Gasteiger partial charge in [-0.2, -0.15) is 0 Å². The van der Waals surface area contributed by atoms with Crippen molar-refractivity contribution in [2.24, 2.45) is 5.73 Å². The van der Waals surface area contributed by atoms with Crippen LogP contribution in [-0.4, -0.2) is 10.2 Å². The van der Waals surface area contributed by atoms with E-state index in [2.05, 4.69) is 5.32 Å². The van der Waals surface area contributed by atoms with E-state index in [1.807, 2.05) is 36.4 Å². The van der Waals surface area contributed by atoms with Gasteiger partial charge in [0.05, 0.1) is 6.61 Å². The summed E-state index contributed by atoms with van der Waals surface area (Å²) in [5.74, 6) is 0. The molecule has 0 heterocycles. The topological polar surface area (TPSA) is 58.3 Å². The molecule has 0 fully saturated rings. The van der Waals surface area contributed by atoms with E-state index in [1.165, 1.54) is 0 Å². The van der Waals surface area contributed by atoms with E-state index in [9.17, 15) is 5.11 Å². The molecule has 0 saturated carbocycles. The van der Waals surface area contributed by atoms with Gasteiger partial charge in [-0.05, 0) is 35.1 Å². The standard InChI is InChI=1S/C12H12N2OS/c13-12(16)14-11-6-9-4-2-1-3-8(9)5-10(11)7-15/h1-6,15H,7H2,(H3,13,14,16). The Kier molecular flexibility index (Phi) is 3.03. The van der Waals surface area contributed by atoms with E-state index in [1.54, 1.807) is 0 Å². The van der Waals surface area contributed by atoms with Gasteiger partial charge >= 0.3 is 0 Å². The van der Waals surface area contributed by atoms with Crippen molar-refractivity contribution in [3.05, 3.63) is 42.0 Å². The molecule has 0 aliphatic heterocycles. The van der Waals surface area contributed by atoms with Gasteiger partial charge in [0.15, 0.2) is 5.11 Å². The smallest absolute Gasteiger partial charge is 0.168 e. The lowest BCUT2D eigenvalue weighted by Crippen LogP contribution is -2.19. The Balaban J connectivity index is 2.58. The summed E-state index contributed by atoms with van der Waals surface area (Å²) < 4.78 is 0. The molecule has 0 amide bonds. The summed E-state index contributed by atoms with van der Waals surface area (Å²) in [6.45, 7) is -0.0459. The minimum absolute atomic E-state index is 0.0459. The molecule has 0 aliphatic carbocycles. The highest BCUT2D eigenvalue weighted by Crippen LogP contribution is 2.24. The zero-order chi connectivity index (χ0) is 11.5. The lowest BCUT2D eigenvalue weighted by atomic mass is 10.1. The van der Waals surface area contributed by atoms with Gasteiger partial charge in [0, 0.05) is 11.3 Å². The molecule has 82 valence electrons. The zero-order valence-corrected chi connectivity index (χ0v) is 9.42. The number of hydrogen-bond donors (Lipinski definition) is 3. The fourth-order valence-corrected chi connectivity index (χ4v) is 1.78. The van der Waals surface area contributed by atoms with Crippen molar-refractivity contribution in [3.8, 4) is 0 Å². The molecule has 2 aromatic rings. The maximum absolute atomic E-state index is 9.27. The molecule has 0 atom stereocenters. The highest BCUT2D eigenvalue weighted by Gasteiger charge is 2.04. The van der Waals surface area contributed by atoms with Gasteiger partial charge in [-0.25, -0.2) is 0 Å². The van der Waals surface area contributed by atoms with Crippen molar-refractivity contribution in [2.45, 2.75) is 6.61 Å². The van der Waals surface area contributed by atoms with Crippen molar-refractivity contribution in [2.75, 3.05) is 5.32 Å². The van der Waals surface area contributed by atoms with Gasteiger partial charge in [-0.15, -0.1) is 0 Å². The summed E-state index contributed by atoms with van der Waals surface area (Å²) in [6.07, 6.45) is 0. The molecule has 2 aromatic carbocycles. The number of nitrogens with two attached hydrogens (primary N) is 1. The number of nitrogens with one attached hydrogen (secondary N) is 1. The lowest BCUT2D eigenvalue weighted by molar-refractivity contribution is 0.282. The predicted molar refractivity (Wildman–Crippen MR) is 70.3 cm³/mol. The molecule has 0 aromatic heterocycles. The van der Waals surface area contributed by atoms with Crippen molar-refractivity contribution < 1.29 is 5.11 Å². The summed E-state index contributed by atoms with van der Waals surface area (Å²) in [5.41, 5.74) is 6.97. The largest absolute Gasteiger partial charge is 0.392 e. The Morgan fingerprint density at radius 1 is 1.25 bits per heavy atom. The molecule has 3 nitrogen and oxygen atoms in total. The van der Waals surface area contributed by atoms with Crippen LogP contribution in [0.5, 0.6) is 0 Å². The third kappa shape index (κ3) is 2.13. The van der Waals surface area contributed by atoms with E-state index >= 15 is 0 Å². The van der Waals surface area contributed by atoms with Gasteiger partial charge in [0.25, 0.3) is 0 Å². The fraction of sp³-hybridized carbons (Fsp3) is 0.0833. The van der Waals surface area contributed by atoms with E-state index < -0.39 is 0 Å². The number of aliphatic hydroxyl groups excluding tert-OH is 1. The number of thiocarbonyl (C=S) groups is 1. The third-order valence-electron chi connectivity index (χ3n) is 2.40. The monoisotopic (exact) mass is 232 g/mol. The molecule has 16 heavy (non-hydrogen) atoms. The Bertz CT molecular complexity index is 540. The summed E-state index contributed by atoms with van der Waals surface area (Å²) >= 11 is 4.79. The van der Waals surface area contributed by atoms with E-state index in [-0.39, 0.29) is 11.7 Å². The number of fused-ring (bicyclic) bond motifs is 1. The Hall–Kier alpha value is -1.65. The summed E-state index contributed by atoms with van der Waals surface area (Å²) in [5, 5.41) is 14.5. The minimum atomic E-state index is -0.0459. The van der Waals surface area contributed by atoms with Gasteiger partial charge < -0.3 is 16.2 Å². The van der Waals surface area contributed by atoms with Crippen LogP contribution in [0.2, 0.25) is 0 Å². The molecule has 0 bridgehead atoms. The lowest BCUT2D eigenvalue weighted by Gasteiger charge is -2.10. The van der Waals surface area contributed by atoms with Crippen molar-refractivity contribution in [1.29, 1.82) is 0 Å². The Labute approximate surface area is 98.9 Å². The molecule has 4 N–H and O–H groups in total. The van der Waals surface area contributed by atoms with Crippen molar-refractivity contribution >= 4 is 33.8 Å². The van der Waals surface area contributed by atoms with Crippen LogP contribution in [0.4, 0.5) is 5.69 Å². The average molecular weight is 232 g/mol. The van der Waals surface area contributed by atoms with Crippen LogP contribution in [0.1, 0.15) is 5.56 Å². The highest BCUT2D eigenvalue weighted by atomic mass is 32.1. The molecule has 4 heteroatoms. The number of aliphatic hydroxyl groups is 1. The molecule has 2 rings (SSSR count). The second-order valence-corrected chi connectivity index (χ2v) is 3.94. The number of anilines is 1.